The van der Waals surface area contributed by atoms with Gasteiger partial charge in [-0.2, -0.15) is 0 Å². The summed E-state index contributed by atoms with van der Waals surface area (Å²) in [5, 5.41) is 2.91. The van der Waals surface area contributed by atoms with E-state index in [-0.39, 0.29) is 23.5 Å². The number of benzene rings is 2. The van der Waals surface area contributed by atoms with Crippen molar-refractivity contribution in [2.24, 2.45) is 11.8 Å². The van der Waals surface area contributed by atoms with Gasteiger partial charge in [-0.3, -0.25) is 9.59 Å². The predicted octanol–water partition coefficient (Wildman–Crippen LogP) is 4.31. The molecule has 0 spiro atoms. The number of rotatable bonds is 6. The van der Waals surface area contributed by atoms with Gasteiger partial charge in [0.15, 0.2) is 0 Å². The Morgan fingerprint density at radius 3 is 2.38 bits per heavy atom. The third-order valence-electron chi connectivity index (χ3n) is 5.31. The lowest BCUT2D eigenvalue weighted by Crippen LogP contribution is -2.43. The van der Waals surface area contributed by atoms with E-state index in [1.54, 1.807) is 0 Å². The van der Waals surface area contributed by atoms with Gasteiger partial charge in [-0.15, -0.1) is 0 Å². The summed E-state index contributed by atoms with van der Waals surface area (Å²) in [7, 11) is 0. The molecule has 1 atom stereocenters. The van der Waals surface area contributed by atoms with Crippen LogP contribution in [0.5, 0.6) is 0 Å². The van der Waals surface area contributed by atoms with Gasteiger partial charge in [0.25, 0.3) is 11.8 Å². The molecule has 4 nitrogen and oxygen atoms in total. The number of nitrogens with zero attached hydrogens (tertiary/aromatic N) is 1. The first-order valence-electron chi connectivity index (χ1n) is 10.3. The fraction of sp³-hybridized carbons (Fsp3) is 0.417. The molecule has 154 valence electrons. The number of hydrogen-bond donors (Lipinski definition) is 1. The molecule has 3 rings (SSSR count). The minimum Gasteiger partial charge on any atom is -0.352 e. The molecular weight excluding hydrogens is 367 g/mol. The van der Waals surface area contributed by atoms with Crippen LogP contribution in [0.2, 0.25) is 0 Å². The second-order valence-corrected chi connectivity index (χ2v) is 8.27. The summed E-state index contributed by atoms with van der Waals surface area (Å²) in [4.78, 5) is 27.0. The molecule has 2 aromatic carbocycles. The van der Waals surface area contributed by atoms with E-state index in [9.17, 15) is 14.0 Å². The number of carbonyl (C=O) groups excluding carboxylic acids is 2. The molecule has 1 N–H and O–H groups in total. The highest BCUT2D eigenvalue weighted by Gasteiger charge is 2.25. The Morgan fingerprint density at radius 2 is 1.72 bits per heavy atom. The molecule has 0 saturated carbocycles. The fourth-order valence-electron chi connectivity index (χ4n) is 3.79. The van der Waals surface area contributed by atoms with Crippen molar-refractivity contribution < 1.29 is 14.0 Å². The third-order valence-corrected chi connectivity index (χ3v) is 5.31. The van der Waals surface area contributed by atoms with Gasteiger partial charge < -0.3 is 10.2 Å². The highest BCUT2D eigenvalue weighted by atomic mass is 19.1. The second kappa shape index (κ2) is 9.68. The van der Waals surface area contributed by atoms with E-state index in [0.29, 0.717) is 30.1 Å². The Kier molecular flexibility index (Phi) is 7.02. The first-order valence-corrected chi connectivity index (χ1v) is 10.3. The molecule has 0 radical (unpaired) electrons. The van der Waals surface area contributed by atoms with Crippen LogP contribution in [0.3, 0.4) is 0 Å². The van der Waals surface area contributed by atoms with E-state index in [0.717, 1.165) is 25.8 Å². The lowest BCUT2D eigenvalue weighted by atomic mass is 9.96. The van der Waals surface area contributed by atoms with Crippen LogP contribution in [0.25, 0.3) is 0 Å². The first kappa shape index (κ1) is 21.0. The van der Waals surface area contributed by atoms with Crippen molar-refractivity contribution in [3.8, 4) is 0 Å². The summed E-state index contributed by atoms with van der Waals surface area (Å²) in [5.41, 5.74) is 2.40. The molecule has 5 heteroatoms. The van der Waals surface area contributed by atoms with Crippen molar-refractivity contribution in [2.75, 3.05) is 19.6 Å². The Morgan fingerprint density at radius 1 is 1.07 bits per heavy atom. The minimum atomic E-state index is -0.361. The topological polar surface area (TPSA) is 49.4 Å². The summed E-state index contributed by atoms with van der Waals surface area (Å²) < 4.78 is 13.0. The number of amides is 2. The van der Waals surface area contributed by atoms with Crippen LogP contribution in [-0.4, -0.2) is 36.3 Å². The van der Waals surface area contributed by atoms with E-state index >= 15 is 0 Å². The van der Waals surface area contributed by atoms with Gasteiger partial charge in [-0.05, 0) is 73.1 Å². The van der Waals surface area contributed by atoms with E-state index in [4.69, 9.17) is 0 Å². The van der Waals surface area contributed by atoms with E-state index in [1.165, 1.54) is 29.8 Å². The van der Waals surface area contributed by atoms with Crippen LogP contribution in [0, 0.1) is 17.7 Å². The lowest BCUT2D eigenvalue weighted by Gasteiger charge is -2.33. The van der Waals surface area contributed by atoms with Crippen LogP contribution in [0.15, 0.2) is 48.5 Å². The zero-order valence-corrected chi connectivity index (χ0v) is 17.2. The van der Waals surface area contributed by atoms with Gasteiger partial charge in [-0.25, -0.2) is 4.39 Å². The first-order chi connectivity index (χ1) is 13.9. The van der Waals surface area contributed by atoms with Gasteiger partial charge in [0.05, 0.1) is 0 Å². The zero-order valence-electron chi connectivity index (χ0n) is 17.2. The molecular formula is C24H29FN2O2. The number of carbonyl (C=O) groups is 2. The molecule has 1 fully saturated rings. The van der Waals surface area contributed by atoms with Crippen LogP contribution in [0.1, 0.15) is 53.0 Å². The van der Waals surface area contributed by atoms with Crippen molar-refractivity contribution in [1.82, 2.24) is 10.2 Å². The monoisotopic (exact) mass is 396 g/mol. The summed E-state index contributed by atoms with van der Waals surface area (Å²) >= 11 is 0. The summed E-state index contributed by atoms with van der Waals surface area (Å²) in [6.45, 7) is 6.25. The Bertz CT molecular complexity index is 831. The second-order valence-electron chi connectivity index (χ2n) is 8.27. The predicted molar refractivity (Wildman–Crippen MR) is 112 cm³/mol. The van der Waals surface area contributed by atoms with Gasteiger partial charge in [-0.1, -0.05) is 26.0 Å². The fourth-order valence-corrected chi connectivity index (χ4v) is 3.79. The average molecular weight is 397 g/mol. The molecule has 0 aromatic heterocycles. The molecule has 0 unspecified atom stereocenters. The maximum Gasteiger partial charge on any atom is 0.253 e. The highest BCUT2D eigenvalue weighted by molar-refractivity contribution is 5.95. The van der Waals surface area contributed by atoms with Crippen LogP contribution in [0.4, 0.5) is 4.39 Å². The van der Waals surface area contributed by atoms with Crippen molar-refractivity contribution >= 4 is 11.8 Å². The molecule has 1 aliphatic heterocycles. The molecule has 1 saturated heterocycles. The van der Waals surface area contributed by atoms with E-state index in [1.807, 2.05) is 29.2 Å². The molecule has 1 aliphatic rings. The van der Waals surface area contributed by atoms with Crippen molar-refractivity contribution in [2.45, 2.75) is 33.1 Å². The van der Waals surface area contributed by atoms with Crippen molar-refractivity contribution in [3.05, 3.63) is 71.0 Å². The summed E-state index contributed by atoms with van der Waals surface area (Å²) in [6, 6.07) is 13.4. The van der Waals surface area contributed by atoms with E-state index < -0.39 is 0 Å². The molecule has 29 heavy (non-hydrogen) atoms. The number of nitrogens with one attached hydrogen (secondary N) is 1. The quantitative estimate of drug-likeness (QED) is 0.791. The number of hydrogen-bond acceptors (Lipinski definition) is 2. The number of piperidine rings is 1. The molecule has 2 aromatic rings. The standard InChI is InChI=1S/C24H29FN2O2/c1-17(2)14-18-5-7-21(8-6-18)24(29)27-13-3-4-19(16-27)15-26-23(28)20-9-11-22(25)12-10-20/h5-12,17,19H,3-4,13-16H2,1-2H3,(H,26,28)/t19-/m1/s1. The SMILES string of the molecule is CC(C)Cc1ccc(C(=O)N2CCC[C@H](CNC(=O)c3ccc(F)cc3)C2)cc1. The molecule has 0 aliphatic carbocycles. The normalized spacial score (nSPS) is 16.7. The van der Waals surface area contributed by atoms with Gasteiger partial charge in [0.1, 0.15) is 5.82 Å². The summed E-state index contributed by atoms with van der Waals surface area (Å²) in [6.07, 6.45) is 2.91. The molecule has 2 amide bonds. The van der Waals surface area contributed by atoms with Crippen LogP contribution >= 0.6 is 0 Å². The Labute approximate surface area is 172 Å². The Hall–Kier alpha value is -2.69. The minimum absolute atomic E-state index is 0.0515. The van der Waals surface area contributed by atoms with Crippen LogP contribution < -0.4 is 5.32 Å². The summed E-state index contributed by atoms with van der Waals surface area (Å²) in [5.74, 6) is 0.284. The highest BCUT2D eigenvalue weighted by Crippen LogP contribution is 2.19. The average Bonchev–Trinajstić information content (AvgIpc) is 2.72. The van der Waals surface area contributed by atoms with Gasteiger partial charge in [0.2, 0.25) is 0 Å². The maximum absolute atomic E-state index is 13.0. The lowest BCUT2D eigenvalue weighted by molar-refractivity contribution is 0.0671. The van der Waals surface area contributed by atoms with Crippen molar-refractivity contribution in [3.63, 3.8) is 0 Å². The Balaban J connectivity index is 1.53. The van der Waals surface area contributed by atoms with E-state index in [2.05, 4.69) is 19.2 Å². The molecule has 0 bridgehead atoms. The van der Waals surface area contributed by atoms with Crippen LogP contribution in [-0.2, 0) is 6.42 Å². The van der Waals surface area contributed by atoms with Crippen molar-refractivity contribution in [1.29, 1.82) is 0 Å². The number of likely N-dealkylation sites (tertiary alicyclic amines) is 1. The maximum atomic E-state index is 13.0. The smallest absolute Gasteiger partial charge is 0.253 e. The van der Waals surface area contributed by atoms with Gasteiger partial charge in [0, 0.05) is 30.8 Å². The largest absolute Gasteiger partial charge is 0.352 e. The zero-order chi connectivity index (χ0) is 20.8. The van der Waals surface area contributed by atoms with Gasteiger partial charge >= 0.3 is 0 Å². The number of halogens is 1. The third kappa shape index (κ3) is 5.89. The molecule has 1 heterocycles.